The van der Waals surface area contributed by atoms with Gasteiger partial charge >= 0.3 is 5.97 Å². The Labute approximate surface area is 113 Å². The van der Waals surface area contributed by atoms with Crippen molar-refractivity contribution in [2.75, 3.05) is 0 Å². The van der Waals surface area contributed by atoms with Crippen LogP contribution in [0.3, 0.4) is 0 Å². The second kappa shape index (κ2) is 5.36. The second-order valence-corrected chi connectivity index (χ2v) is 4.35. The first-order chi connectivity index (χ1) is 9.45. The van der Waals surface area contributed by atoms with Gasteiger partial charge in [-0.15, -0.1) is 5.10 Å². The van der Waals surface area contributed by atoms with Crippen LogP contribution in [0.5, 0.6) is 0 Å². The molecule has 0 amide bonds. The quantitative estimate of drug-likeness (QED) is 0.935. The predicted octanol–water partition coefficient (Wildman–Crippen LogP) is 2.50. The molecular weight excluding hydrogens is 268 g/mol. The number of carbonyl (C=O) groups is 1. The Kier molecular flexibility index (Phi) is 3.78. The molecule has 0 aliphatic heterocycles. The van der Waals surface area contributed by atoms with Gasteiger partial charge in [-0.25, -0.2) is 23.2 Å². The summed E-state index contributed by atoms with van der Waals surface area (Å²) in [7, 11) is 0. The maximum Gasteiger partial charge on any atom is 0.375 e. The number of rotatable bonds is 4. The summed E-state index contributed by atoms with van der Waals surface area (Å²) in [6.45, 7) is 3.34. The molecule has 0 aliphatic carbocycles. The molecular formula is C13H13F2N3O2. The van der Waals surface area contributed by atoms with Crippen LogP contribution in [0.15, 0.2) is 12.1 Å². The maximum atomic E-state index is 14.1. The lowest BCUT2D eigenvalue weighted by molar-refractivity contribution is 0.0683. The van der Waals surface area contributed by atoms with Gasteiger partial charge in [0.15, 0.2) is 11.6 Å². The summed E-state index contributed by atoms with van der Waals surface area (Å²) < 4.78 is 28.9. The number of nitrogens with zero attached hydrogens (tertiary/aromatic N) is 3. The molecule has 0 aliphatic rings. The summed E-state index contributed by atoms with van der Waals surface area (Å²) in [4.78, 5) is 14.7. The number of halogens is 2. The van der Waals surface area contributed by atoms with E-state index in [2.05, 4.69) is 10.1 Å². The number of hydrogen-bond donors (Lipinski definition) is 1. The van der Waals surface area contributed by atoms with Crippen molar-refractivity contribution in [3.63, 3.8) is 0 Å². The van der Waals surface area contributed by atoms with Crippen molar-refractivity contribution < 1.29 is 18.7 Å². The molecule has 0 saturated heterocycles. The van der Waals surface area contributed by atoms with Crippen LogP contribution in [0, 0.1) is 18.6 Å². The number of aryl methyl sites for hydroxylation is 2. The summed E-state index contributed by atoms with van der Waals surface area (Å²) in [6.07, 6.45) is 1.01. The van der Waals surface area contributed by atoms with E-state index in [0.29, 0.717) is 12.8 Å². The molecule has 0 fully saturated rings. The lowest BCUT2D eigenvalue weighted by Crippen LogP contribution is -2.09. The lowest BCUT2D eigenvalue weighted by Gasteiger charge is -2.09. The fraction of sp³-hybridized carbons (Fsp3) is 0.308. The molecule has 1 aromatic heterocycles. The molecule has 1 N–H and O–H groups in total. The van der Waals surface area contributed by atoms with Gasteiger partial charge in [0, 0.05) is 6.42 Å². The van der Waals surface area contributed by atoms with Crippen molar-refractivity contribution in [2.45, 2.75) is 26.7 Å². The van der Waals surface area contributed by atoms with Gasteiger partial charge in [0.25, 0.3) is 5.82 Å². The number of aromatic nitrogens is 3. The topological polar surface area (TPSA) is 68.0 Å². The van der Waals surface area contributed by atoms with Crippen LogP contribution >= 0.6 is 0 Å². The zero-order valence-electron chi connectivity index (χ0n) is 11.0. The van der Waals surface area contributed by atoms with Crippen LogP contribution in [0.25, 0.3) is 5.69 Å². The third kappa shape index (κ3) is 2.38. The number of carboxylic acids is 1. The fourth-order valence-electron chi connectivity index (χ4n) is 1.84. The number of benzene rings is 1. The predicted molar refractivity (Wildman–Crippen MR) is 67.0 cm³/mol. The molecule has 0 saturated carbocycles. The second-order valence-electron chi connectivity index (χ2n) is 4.35. The Bertz CT molecular complexity index is 668. The molecule has 2 rings (SSSR count). The first-order valence-corrected chi connectivity index (χ1v) is 6.10. The van der Waals surface area contributed by atoms with E-state index in [4.69, 9.17) is 5.11 Å². The lowest BCUT2D eigenvalue weighted by atomic mass is 10.2. The number of hydrogen-bond acceptors (Lipinski definition) is 3. The molecule has 0 radical (unpaired) electrons. The average molecular weight is 281 g/mol. The first-order valence-electron chi connectivity index (χ1n) is 6.10. The van der Waals surface area contributed by atoms with E-state index in [9.17, 15) is 13.6 Å². The molecule has 0 atom stereocenters. The largest absolute Gasteiger partial charge is 0.475 e. The highest BCUT2D eigenvalue weighted by Crippen LogP contribution is 2.22. The molecule has 1 heterocycles. The molecule has 1 aromatic carbocycles. The van der Waals surface area contributed by atoms with Crippen LogP contribution < -0.4 is 0 Å². The van der Waals surface area contributed by atoms with Crippen molar-refractivity contribution in [3.05, 3.63) is 41.0 Å². The summed E-state index contributed by atoms with van der Waals surface area (Å²) in [6, 6.07) is 2.42. The monoisotopic (exact) mass is 281 g/mol. The Hall–Kier alpha value is -2.31. The average Bonchev–Trinajstić information content (AvgIpc) is 2.79. The van der Waals surface area contributed by atoms with Crippen molar-refractivity contribution in [1.82, 2.24) is 14.8 Å². The van der Waals surface area contributed by atoms with Crippen molar-refractivity contribution in [1.29, 1.82) is 0 Å². The van der Waals surface area contributed by atoms with Crippen LogP contribution in [-0.4, -0.2) is 25.8 Å². The van der Waals surface area contributed by atoms with Gasteiger partial charge in [0.05, 0.1) is 0 Å². The minimum atomic E-state index is -1.34. The molecule has 0 spiro atoms. The smallest absolute Gasteiger partial charge is 0.375 e. The number of aromatic carboxylic acids is 1. The third-order valence-corrected chi connectivity index (χ3v) is 2.81. The molecule has 5 nitrogen and oxygen atoms in total. The SMILES string of the molecule is CCCc1nc(C(=O)O)nn1-c1c(F)ccc(C)c1F. The Balaban J connectivity index is 2.68. The first kappa shape index (κ1) is 14.1. The summed E-state index contributed by atoms with van der Waals surface area (Å²) >= 11 is 0. The van der Waals surface area contributed by atoms with Gasteiger partial charge in [0.1, 0.15) is 11.5 Å². The third-order valence-electron chi connectivity index (χ3n) is 2.81. The van der Waals surface area contributed by atoms with Crippen molar-refractivity contribution in [2.24, 2.45) is 0 Å². The van der Waals surface area contributed by atoms with Gasteiger partial charge in [-0.3, -0.25) is 0 Å². The van der Waals surface area contributed by atoms with Gasteiger partial charge < -0.3 is 5.11 Å². The van der Waals surface area contributed by atoms with Crippen LogP contribution in [0.2, 0.25) is 0 Å². The van der Waals surface area contributed by atoms with E-state index in [0.717, 1.165) is 10.7 Å². The minimum Gasteiger partial charge on any atom is -0.475 e. The highest BCUT2D eigenvalue weighted by molar-refractivity contribution is 5.83. The zero-order valence-corrected chi connectivity index (χ0v) is 11.0. The molecule has 106 valence electrons. The van der Waals surface area contributed by atoms with Crippen molar-refractivity contribution in [3.8, 4) is 5.69 Å². The van der Waals surface area contributed by atoms with Crippen molar-refractivity contribution >= 4 is 5.97 Å². The summed E-state index contributed by atoms with van der Waals surface area (Å²) in [5.74, 6) is -3.19. The fourth-order valence-corrected chi connectivity index (χ4v) is 1.84. The van der Waals surface area contributed by atoms with E-state index in [-0.39, 0.29) is 11.4 Å². The normalized spacial score (nSPS) is 10.8. The zero-order chi connectivity index (χ0) is 14.9. The van der Waals surface area contributed by atoms with Gasteiger partial charge in [-0.2, -0.15) is 0 Å². The Morgan fingerprint density at radius 3 is 2.70 bits per heavy atom. The van der Waals surface area contributed by atoms with E-state index < -0.39 is 29.1 Å². The van der Waals surface area contributed by atoms with E-state index in [1.165, 1.54) is 13.0 Å². The van der Waals surface area contributed by atoms with E-state index in [1.807, 2.05) is 6.92 Å². The van der Waals surface area contributed by atoms with Crippen LogP contribution in [-0.2, 0) is 6.42 Å². The Morgan fingerprint density at radius 2 is 2.10 bits per heavy atom. The van der Waals surface area contributed by atoms with Gasteiger partial charge in [0.2, 0.25) is 0 Å². The Morgan fingerprint density at radius 1 is 1.40 bits per heavy atom. The number of carboxylic acid groups (broad SMARTS) is 1. The molecule has 0 bridgehead atoms. The van der Waals surface area contributed by atoms with E-state index in [1.54, 1.807) is 0 Å². The van der Waals surface area contributed by atoms with Crippen LogP contribution in [0.1, 0.15) is 35.4 Å². The molecule has 2 aromatic rings. The summed E-state index contributed by atoms with van der Waals surface area (Å²) in [5.41, 5.74) is -0.148. The molecule has 7 heteroatoms. The van der Waals surface area contributed by atoms with Gasteiger partial charge in [-0.1, -0.05) is 13.0 Å². The van der Waals surface area contributed by atoms with E-state index >= 15 is 0 Å². The minimum absolute atomic E-state index is 0.216. The highest BCUT2D eigenvalue weighted by atomic mass is 19.1. The standard InChI is InChI=1S/C13H13F2N3O2/c1-3-4-9-16-12(13(19)20)17-18(9)11-8(14)6-5-7(2)10(11)15/h5-6H,3-4H2,1-2H3,(H,19,20). The summed E-state index contributed by atoms with van der Waals surface area (Å²) in [5, 5.41) is 12.6. The maximum absolute atomic E-state index is 14.1. The van der Waals surface area contributed by atoms with Gasteiger partial charge in [-0.05, 0) is 25.0 Å². The molecule has 0 unspecified atom stereocenters. The highest BCUT2D eigenvalue weighted by Gasteiger charge is 2.21. The van der Waals surface area contributed by atoms with Crippen LogP contribution in [0.4, 0.5) is 8.78 Å². The molecule has 20 heavy (non-hydrogen) atoms.